The summed E-state index contributed by atoms with van der Waals surface area (Å²) in [7, 11) is 0. The summed E-state index contributed by atoms with van der Waals surface area (Å²) in [6.45, 7) is 34.6. The quantitative estimate of drug-likeness (QED) is 0.161. The Morgan fingerprint density at radius 2 is 0.973 bits per heavy atom. The van der Waals surface area contributed by atoms with Crippen molar-refractivity contribution in [2.75, 3.05) is 9.80 Å². The van der Waals surface area contributed by atoms with Gasteiger partial charge in [-0.15, -0.1) is 0 Å². The molecule has 0 fully saturated rings. The number of anilines is 6. The summed E-state index contributed by atoms with van der Waals surface area (Å²) in [4.78, 5) is 5.09. The summed E-state index contributed by atoms with van der Waals surface area (Å²) in [6.07, 6.45) is 0. The Morgan fingerprint density at radius 3 is 1.60 bits per heavy atom. The van der Waals surface area contributed by atoms with Gasteiger partial charge in [-0.3, -0.25) is 0 Å². The minimum atomic E-state index is -0.269. The summed E-state index contributed by atoms with van der Waals surface area (Å²) >= 11 is 0. The van der Waals surface area contributed by atoms with Crippen LogP contribution in [0.5, 0.6) is 0 Å². The van der Waals surface area contributed by atoms with Crippen LogP contribution >= 0.6 is 0 Å². The third-order valence-electron chi connectivity index (χ3n) is 16.3. The lowest BCUT2D eigenvalue weighted by molar-refractivity contribution is 0.590. The average molecular weight is 982 g/mol. The number of fused-ring (bicyclic) bond motifs is 9. The largest absolute Gasteiger partial charge is 0.466 e. The lowest BCUT2D eigenvalue weighted by atomic mass is 9.47. The molecule has 0 unspecified atom stereocenters. The van der Waals surface area contributed by atoms with E-state index in [-0.39, 0.29) is 33.9 Å². The van der Waals surface area contributed by atoms with E-state index in [1.165, 1.54) is 83.0 Å². The number of benzene rings is 8. The van der Waals surface area contributed by atoms with Gasteiger partial charge in [0, 0.05) is 55.4 Å². The number of nitrogens with zero attached hydrogens (tertiary/aromatic N) is 3. The van der Waals surface area contributed by atoms with E-state index in [4.69, 9.17) is 4.42 Å². The van der Waals surface area contributed by atoms with Crippen molar-refractivity contribution in [1.82, 2.24) is 4.48 Å². The van der Waals surface area contributed by atoms with E-state index in [0.717, 1.165) is 45.1 Å². The Balaban J connectivity index is 1.25. The third-order valence-corrected chi connectivity index (χ3v) is 16.3. The molecule has 4 heterocycles. The molecule has 5 heteroatoms. The zero-order valence-electron chi connectivity index (χ0n) is 46.9. The Kier molecular flexibility index (Phi) is 10.8. The lowest BCUT2D eigenvalue weighted by Crippen LogP contribution is -2.56. The van der Waals surface area contributed by atoms with Gasteiger partial charge in [-0.25, -0.2) is 0 Å². The number of aromatic nitrogens is 1. The van der Waals surface area contributed by atoms with Crippen molar-refractivity contribution in [1.29, 1.82) is 0 Å². The van der Waals surface area contributed by atoms with Crippen molar-refractivity contribution in [3.63, 3.8) is 0 Å². The molecule has 376 valence electrons. The lowest BCUT2D eigenvalue weighted by Gasteiger charge is -2.40. The highest BCUT2D eigenvalue weighted by Crippen LogP contribution is 2.54. The summed E-state index contributed by atoms with van der Waals surface area (Å²) in [5.41, 5.74) is 23.4. The zero-order valence-corrected chi connectivity index (χ0v) is 46.9. The fourth-order valence-corrected chi connectivity index (χ4v) is 12.0. The molecule has 12 rings (SSSR count). The maximum Gasteiger partial charge on any atom is 0.375 e. The van der Waals surface area contributed by atoms with Crippen molar-refractivity contribution in [2.45, 2.75) is 131 Å². The molecule has 75 heavy (non-hydrogen) atoms. The van der Waals surface area contributed by atoms with Gasteiger partial charge in [0.25, 0.3) is 0 Å². The van der Waals surface area contributed by atoms with Crippen LogP contribution in [0, 0.1) is 0 Å². The van der Waals surface area contributed by atoms with E-state index in [0.29, 0.717) is 0 Å². The molecule has 2 aliphatic rings. The first-order valence-electron chi connectivity index (χ1n) is 27.2. The van der Waals surface area contributed by atoms with Crippen LogP contribution in [0.15, 0.2) is 168 Å². The molecule has 4 nitrogen and oxygen atoms in total. The van der Waals surface area contributed by atoms with E-state index in [1.54, 1.807) is 0 Å². The molecule has 2 aromatic heterocycles. The van der Waals surface area contributed by atoms with Crippen molar-refractivity contribution < 1.29 is 4.42 Å². The van der Waals surface area contributed by atoms with Crippen LogP contribution in [-0.4, -0.2) is 11.3 Å². The summed E-state index contributed by atoms with van der Waals surface area (Å²) in [6, 6.07) is 62.5. The molecule has 10 aromatic rings. The minimum absolute atomic E-state index is 0.0112. The van der Waals surface area contributed by atoms with E-state index in [1.807, 2.05) is 0 Å². The van der Waals surface area contributed by atoms with Gasteiger partial charge in [-0.05, 0) is 144 Å². The van der Waals surface area contributed by atoms with E-state index < -0.39 is 0 Å². The fraction of sp³-hybridized carbons (Fsp3) is 0.286. The van der Waals surface area contributed by atoms with Crippen LogP contribution in [0.4, 0.5) is 34.1 Å². The highest BCUT2D eigenvalue weighted by Gasteiger charge is 2.48. The minimum Gasteiger partial charge on any atom is -0.466 e. The molecule has 0 bridgehead atoms. The highest BCUT2D eigenvalue weighted by molar-refractivity contribution is 6.89. The molecule has 0 atom stereocenters. The number of hydrogen-bond acceptors (Lipinski definition) is 3. The van der Waals surface area contributed by atoms with Crippen molar-refractivity contribution in [2.24, 2.45) is 0 Å². The predicted molar refractivity (Wildman–Crippen MR) is 323 cm³/mol. The predicted octanol–water partition coefficient (Wildman–Crippen LogP) is 18.6. The van der Waals surface area contributed by atoms with Gasteiger partial charge in [-0.1, -0.05) is 195 Å². The summed E-state index contributed by atoms with van der Waals surface area (Å²) in [5.74, 6) is 0. The van der Waals surface area contributed by atoms with Crippen LogP contribution in [0.25, 0.3) is 55.0 Å². The van der Waals surface area contributed by atoms with Crippen molar-refractivity contribution in [3.8, 4) is 22.3 Å². The van der Waals surface area contributed by atoms with Gasteiger partial charge in [0.15, 0.2) is 0 Å². The maximum atomic E-state index is 7.52. The molecule has 0 saturated carbocycles. The van der Waals surface area contributed by atoms with Gasteiger partial charge >= 0.3 is 6.85 Å². The Hall–Kier alpha value is -7.24. The fourth-order valence-electron chi connectivity index (χ4n) is 12.0. The molecule has 0 saturated heterocycles. The molecule has 0 radical (unpaired) electrons. The average Bonchev–Trinajstić information content (AvgIpc) is 3.94. The highest BCUT2D eigenvalue weighted by atomic mass is 16.3. The van der Waals surface area contributed by atoms with E-state index in [9.17, 15) is 0 Å². The van der Waals surface area contributed by atoms with Crippen LogP contribution in [-0.2, 0) is 27.1 Å². The normalized spacial score (nSPS) is 13.7. The first-order valence-corrected chi connectivity index (χ1v) is 27.2. The van der Waals surface area contributed by atoms with Gasteiger partial charge in [0.2, 0.25) is 0 Å². The van der Waals surface area contributed by atoms with Crippen LogP contribution in [0.1, 0.15) is 132 Å². The summed E-state index contributed by atoms with van der Waals surface area (Å²) < 4.78 is 10.2. The zero-order chi connectivity index (χ0) is 52.9. The standard InChI is InChI=1S/C70H72BN3O/c1-66(2,3)44-26-31-50(32-27-44)73-59-42-48(70(13,14)15)41-53-51-33-36-58(72(49-24-20-17-21-25-49)56-34-28-45(67(4,5)6)38-52(56)43-22-18-16-19-23-43)61-54-39-46(68(7,8)9)29-35-57(54)74(63(51)61)71(62(53)59)65-64(73)55-40-47(69(10,11)12)30-37-60(55)75-65/h16-42H,1-15H3. The van der Waals surface area contributed by atoms with Crippen molar-refractivity contribution >= 4 is 84.9 Å². The Labute approximate surface area is 446 Å². The summed E-state index contributed by atoms with van der Waals surface area (Å²) in [5, 5.41) is 3.61. The molecular weight excluding hydrogens is 910 g/mol. The van der Waals surface area contributed by atoms with Gasteiger partial charge in [-0.2, -0.15) is 0 Å². The molecular formula is C70H72BN3O. The van der Waals surface area contributed by atoms with Crippen LogP contribution in [0.2, 0.25) is 0 Å². The van der Waals surface area contributed by atoms with E-state index in [2.05, 4.69) is 282 Å². The van der Waals surface area contributed by atoms with Gasteiger partial charge in [0.1, 0.15) is 11.2 Å². The smallest absolute Gasteiger partial charge is 0.375 e. The Morgan fingerprint density at radius 1 is 0.440 bits per heavy atom. The molecule has 0 spiro atoms. The molecule has 0 amide bonds. The monoisotopic (exact) mass is 982 g/mol. The first kappa shape index (κ1) is 48.7. The second-order valence-electron chi connectivity index (χ2n) is 26.7. The number of rotatable bonds is 5. The molecule has 0 N–H and O–H groups in total. The topological polar surface area (TPSA) is 24.6 Å². The van der Waals surface area contributed by atoms with Gasteiger partial charge < -0.3 is 18.7 Å². The van der Waals surface area contributed by atoms with Gasteiger partial charge in [0.05, 0.1) is 17.1 Å². The SMILES string of the molecule is CC(C)(C)c1ccc(N2c3cc(C(C)(C)C)cc4c3B(c3oc5ccc(C(C)(C)C)cc5c32)n2c3ccc(C(C)(C)C)cc3c3c(N(c5ccccc5)c5ccc(C(C)(C)C)cc5-c5ccccc5)ccc-4c32)cc1. The first-order chi connectivity index (χ1) is 35.4. The second-order valence-corrected chi connectivity index (χ2v) is 26.7. The van der Waals surface area contributed by atoms with Crippen LogP contribution < -0.4 is 20.9 Å². The van der Waals surface area contributed by atoms with E-state index >= 15 is 0 Å². The van der Waals surface area contributed by atoms with Crippen LogP contribution in [0.3, 0.4) is 0 Å². The molecule has 0 aliphatic carbocycles. The van der Waals surface area contributed by atoms with Crippen molar-refractivity contribution in [3.05, 3.63) is 192 Å². The number of hydrogen-bond donors (Lipinski definition) is 0. The third kappa shape index (κ3) is 7.86. The number of furan rings is 1. The molecule has 8 aromatic carbocycles. The number of para-hydroxylation sites is 1. The molecule has 2 aliphatic heterocycles. The second kappa shape index (κ2) is 16.6. The Bertz CT molecular complexity index is 3900. The maximum absolute atomic E-state index is 7.52.